The van der Waals surface area contributed by atoms with Gasteiger partial charge in [-0.3, -0.25) is 9.59 Å². The van der Waals surface area contributed by atoms with Gasteiger partial charge in [-0.2, -0.15) is 27.1 Å². The molecule has 10 nitrogen and oxygen atoms in total. The molecule has 41 heavy (non-hydrogen) atoms. The summed E-state index contributed by atoms with van der Waals surface area (Å²) in [5.41, 5.74) is 1.82. The number of hydrogen-bond acceptors (Lipinski definition) is 8. The third-order valence-electron chi connectivity index (χ3n) is 6.25. The number of aryl methyl sites for hydroxylation is 1. The van der Waals surface area contributed by atoms with Crippen LogP contribution in [-0.4, -0.2) is 37.4 Å². The van der Waals surface area contributed by atoms with Gasteiger partial charge in [0.05, 0.1) is 29.0 Å². The highest BCUT2D eigenvalue weighted by Crippen LogP contribution is 2.32. The Morgan fingerprint density at radius 1 is 1.20 bits per heavy atom. The topological polar surface area (TPSA) is 141 Å². The average Bonchev–Trinajstić information content (AvgIpc) is 2.89. The van der Waals surface area contributed by atoms with Crippen molar-refractivity contribution in [2.45, 2.75) is 51.6 Å². The number of pyridine rings is 1. The van der Waals surface area contributed by atoms with E-state index in [4.69, 9.17) is 5.73 Å². The highest BCUT2D eigenvalue weighted by atomic mass is 19.4. The number of benzene rings is 1. The molecule has 3 heterocycles. The van der Waals surface area contributed by atoms with Crippen LogP contribution in [0.3, 0.4) is 0 Å². The van der Waals surface area contributed by atoms with Gasteiger partial charge in [0.2, 0.25) is 0 Å². The quantitative estimate of drug-likeness (QED) is 0.231. The first-order valence-electron chi connectivity index (χ1n) is 12.2. The van der Waals surface area contributed by atoms with Crippen molar-refractivity contribution in [3.63, 3.8) is 0 Å². The van der Waals surface area contributed by atoms with Gasteiger partial charge in [-0.1, -0.05) is 6.92 Å². The fourth-order valence-corrected chi connectivity index (χ4v) is 4.25. The molecule has 218 valence electrons. The second-order valence-corrected chi connectivity index (χ2v) is 8.93. The van der Waals surface area contributed by atoms with Gasteiger partial charge in [0.1, 0.15) is 11.4 Å². The van der Waals surface area contributed by atoms with Crippen LogP contribution in [0.25, 0.3) is 22.2 Å². The molecule has 0 amide bonds. The van der Waals surface area contributed by atoms with E-state index < -0.39 is 58.6 Å². The number of hydrogen-bond donors (Lipinski definition) is 3. The molecule has 3 aromatic heterocycles. The Morgan fingerprint density at radius 2 is 1.95 bits per heavy atom. The molecule has 0 saturated heterocycles. The standard InChI is InChI=1S/C25H23F6N7O3/c1-2-13(35-17-10-34-37-22(39)19(17)25(29,30)31)4-3-6-38-7-5-12-8-15(16(26)9-14(12)23(38)40)21-33-11-18(20(32)36-21)41-24(27)28/h5,7-11,13,24H,2-4,6H2,1H3,(H2,32,33,36)(H2,35,37,39)/t13-/m0/s1. The monoisotopic (exact) mass is 583 g/mol. The van der Waals surface area contributed by atoms with E-state index in [-0.39, 0.29) is 23.3 Å². The van der Waals surface area contributed by atoms with Crippen LogP contribution in [0.5, 0.6) is 5.75 Å². The van der Waals surface area contributed by atoms with Gasteiger partial charge in [0, 0.05) is 18.8 Å². The Balaban J connectivity index is 1.50. The Hall–Kier alpha value is -4.63. The molecule has 4 rings (SSSR count). The minimum atomic E-state index is -4.88. The number of anilines is 2. The maximum absolute atomic E-state index is 15.0. The summed E-state index contributed by atoms with van der Waals surface area (Å²) in [6, 6.07) is 3.43. The van der Waals surface area contributed by atoms with E-state index in [9.17, 15) is 35.9 Å². The summed E-state index contributed by atoms with van der Waals surface area (Å²) in [5, 5.41) is 8.34. The minimum absolute atomic E-state index is 0.0500. The molecule has 0 saturated carbocycles. The van der Waals surface area contributed by atoms with Crippen molar-refractivity contribution in [3.05, 3.63) is 68.9 Å². The molecule has 0 spiro atoms. The number of H-pyrrole nitrogens is 1. The molecular formula is C25H23F6N7O3. The lowest BCUT2D eigenvalue weighted by atomic mass is 10.1. The molecule has 0 aliphatic carbocycles. The van der Waals surface area contributed by atoms with Crippen molar-refractivity contribution in [2.24, 2.45) is 0 Å². The normalized spacial score (nSPS) is 12.6. The SMILES string of the molecule is CC[C@@H](CCCn1ccc2cc(-c3ncc(OC(F)F)c(N)n3)c(F)cc2c1=O)Nc1cn[nH]c(=O)c1C(F)(F)F. The summed E-state index contributed by atoms with van der Waals surface area (Å²) in [6.07, 6.45) is -0.466. The predicted octanol–water partition coefficient (Wildman–Crippen LogP) is 4.55. The van der Waals surface area contributed by atoms with Crippen LogP contribution < -0.4 is 26.9 Å². The molecule has 0 aliphatic heterocycles. The zero-order valence-electron chi connectivity index (χ0n) is 21.3. The number of nitrogens with zero attached hydrogens (tertiary/aromatic N) is 4. The number of alkyl halides is 5. The maximum Gasteiger partial charge on any atom is 0.423 e. The van der Waals surface area contributed by atoms with Crippen molar-refractivity contribution in [3.8, 4) is 17.1 Å². The van der Waals surface area contributed by atoms with E-state index >= 15 is 0 Å². The first-order chi connectivity index (χ1) is 19.4. The zero-order chi connectivity index (χ0) is 29.9. The summed E-state index contributed by atoms with van der Waals surface area (Å²) in [6.45, 7) is -1.21. The molecule has 16 heteroatoms. The van der Waals surface area contributed by atoms with Gasteiger partial charge in [0.25, 0.3) is 11.1 Å². The number of ether oxygens (including phenoxy) is 1. The van der Waals surface area contributed by atoms with E-state index in [1.54, 1.807) is 18.1 Å². The summed E-state index contributed by atoms with van der Waals surface area (Å²) in [4.78, 5) is 32.4. The summed E-state index contributed by atoms with van der Waals surface area (Å²) in [5.74, 6) is -1.94. The van der Waals surface area contributed by atoms with E-state index in [0.717, 1.165) is 18.5 Å². The van der Waals surface area contributed by atoms with Gasteiger partial charge in [-0.25, -0.2) is 19.5 Å². The number of aromatic amines is 1. The molecule has 1 aromatic carbocycles. The Morgan fingerprint density at radius 3 is 2.61 bits per heavy atom. The van der Waals surface area contributed by atoms with Crippen LogP contribution in [0.2, 0.25) is 0 Å². The van der Waals surface area contributed by atoms with Crippen LogP contribution >= 0.6 is 0 Å². The number of nitrogens with one attached hydrogen (secondary N) is 2. The third-order valence-corrected chi connectivity index (χ3v) is 6.25. The first kappa shape index (κ1) is 29.4. The molecule has 0 fully saturated rings. The number of rotatable bonds is 10. The van der Waals surface area contributed by atoms with Crippen molar-refractivity contribution < 1.29 is 31.1 Å². The van der Waals surface area contributed by atoms with E-state index in [1.807, 2.05) is 0 Å². The molecule has 0 bridgehead atoms. The summed E-state index contributed by atoms with van der Waals surface area (Å²) < 4.78 is 85.4. The van der Waals surface area contributed by atoms with Crippen molar-refractivity contribution in [2.75, 3.05) is 11.1 Å². The van der Waals surface area contributed by atoms with Crippen LogP contribution in [0.1, 0.15) is 31.7 Å². The second kappa shape index (κ2) is 11.9. The van der Waals surface area contributed by atoms with Crippen molar-refractivity contribution in [1.29, 1.82) is 0 Å². The smallest absolute Gasteiger partial charge is 0.423 e. The lowest BCUT2D eigenvalue weighted by Gasteiger charge is -2.20. The number of fused-ring (bicyclic) bond motifs is 1. The van der Waals surface area contributed by atoms with Gasteiger partial charge >= 0.3 is 12.8 Å². The third kappa shape index (κ3) is 6.58. The van der Waals surface area contributed by atoms with Gasteiger partial charge in [-0.05, 0) is 42.8 Å². The van der Waals surface area contributed by atoms with Crippen molar-refractivity contribution in [1.82, 2.24) is 24.7 Å². The number of aromatic nitrogens is 5. The Labute approximate surface area is 227 Å². The molecule has 0 unspecified atom stereocenters. The fraction of sp³-hybridized carbons (Fsp3) is 0.320. The van der Waals surface area contributed by atoms with Crippen molar-refractivity contribution >= 4 is 22.3 Å². The molecule has 1 atom stereocenters. The van der Waals surface area contributed by atoms with Crippen LogP contribution in [0, 0.1) is 5.82 Å². The highest BCUT2D eigenvalue weighted by molar-refractivity contribution is 5.86. The van der Waals surface area contributed by atoms with Crippen LogP contribution in [0.15, 0.2) is 46.4 Å². The van der Waals surface area contributed by atoms with Crippen LogP contribution in [-0.2, 0) is 12.7 Å². The maximum atomic E-state index is 15.0. The zero-order valence-corrected chi connectivity index (χ0v) is 21.3. The minimum Gasteiger partial charge on any atom is -0.429 e. The number of nitrogens with two attached hydrogens (primary N) is 1. The number of halogens is 6. The first-order valence-corrected chi connectivity index (χ1v) is 12.2. The largest absolute Gasteiger partial charge is 0.429 e. The summed E-state index contributed by atoms with van der Waals surface area (Å²) >= 11 is 0. The van der Waals surface area contributed by atoms with Gasteiger partial charge in [0.15, 0.2) is 17.4 Å². The van der Waals surface area contributed by atoms with E-state index in [2.05, 4.69) is 25.1 Å². The van der Waals surface area contributed by atoms with Crippen LogP contribution in [0.4, 0.5) is 37.8 Å². The van der Waals surface area contributed by atoms with E-state index in [0.29, 0.717) is 24.6 Å². The van der Waals surface area contributed by atoms with E-state index in [1.165, 1.54) is 16.8 Å². The van der Waals surface area contributed by atoms with Gasteiger partial charge in [-0.15, -0.1) is 0 Å². The highest BCUT2D eigenvalue weighted by Gasteiger charge is 2.37. The Bertz CT molecular complexity index is 1670. The predicted molar refractivity (Wildman–Crippen MR) is 137 cm³/mol. The average molecular weight is 583 g/mol. The lowest BCUT2D eigenvalue weighted by molar-refractivity contribution is -0.138. The molecule has 4 aromatic rings. The lowest BCUT2D eigenvalue weighted by Crippen LogP contribution is -2.28. The second-order valence-electron chi connectivity index (χ2n) is 8.93. The summed E-state index contributed by atoms with van der Waals surface area (Å²) in [7, 11) is 0. The fourth-order valence-electron chi connectivity index (χ4n) is 4.25. The molecule has 4 N–H and O–H groups in total. The van der Waals surface area contributed by atoms with Gasteiger partial charge < -0.3 is 20.4 Å². The molecular weight excluding hydrogens is 560 g/mol. The molecule has 0 aliphatic rings. The number of nitrogen functional groups attached to an aromatic ring is 1. The Kier molecular flexibility index (Phi) is 8.49. The molecule has 0 radical (unpaired) electrons.